The van der Waals surface area contributed by atoms with E-state index in [9.17, 15) is 4.79 Å². The molecule has 186 valence electrons. The summed E-state index contributed by atoms with van der Waals surface area (Å²) in [6.45, 7) is 5.78. The van der Waals surface area contributed by atoms with Gasteiger partial charge in [0.15, 0.2) is 0 Å². The largest absolute Gasteiger partial charge is 0.333 e. The van der Waals surface area contributed by atoms with Gasteiger partial charge in [0.25, 0.3) is 0 Å². The molecule has 0 atom stereocenters. The summed E-state index contributed by atoms with van der Waals surface area (Å²) in [6, 6.07) is 17.8. The smallest absolute Gasteiger partial charge is 0.326 e. The van der Waals surface area contributed by atoms with Crippen LogP contribution in [0.25, 0.3) is 11.1 Å². The maximum absolute atomic E-state index is 13.2. The van der Waals surface area contributed by atoms with E-state index in [-0.39, 0.29) is 6.03 Å². The second-order valence-corrected chi connectivity index (χ2v) is 11.0. The number of carbonyl (C=O) groups is 1. The molecule has 3 heterocycles. The van der Waals surface area contributed by atoms with Crippen molar-refractivity contribution in [3.63, 3.8) is 0 Å². The molecule has 5 nitrogen and oxygen atoms in total. The monoisotopic (exact) mass is 540 g/mol. The second kappa shape index (κ2) is 9.88. The molecule has 0 spiro atoms. The van der Waals surface area contributed by atoms with Crippen LogP contribution >= 0.6 is 34.8 Å². The number of amides is 2. The average Bonchev–Trinajstić information content (AvgIpc) is 3.36. The van der Waals surface area contributed by atoms with Gasteiger partial charge in [0, 0.05) is 48.4 Å². The molecular formula is C28H27Cl3N4O. The van der Waals surface area contributed by atoms with Gasteiger partial charge in [0.1, 0.15) is 0 Å². The Kier molecular flexibility index (Phi) is 6.61. The summed E-state index contributed by atoms with van der Waals surface area (Å²) in [7, 11) is 0. The summed E-state index contributed by atoms with van der Waals surface area (Å²) in [5.74, 6) is 0. The lowest BCUT2D eigenvalue weighted by Crippen LogP contribution is -2.58. The van der Waals surface area contributed by atoms with Crippen LogP contribution in [0.2, 0.25) is 15.1 Å². The molecule has 8 heteroatoms. The van der Waals surface area contributed by atoms with Gasteiger partial charge in [-0.2, -0.15) is 0 Å². The van der Waals surface area contributed by atoms with E-state index in [2.05, 4.69) is 27.2 Å². The summed E-state index contributed by atoms with van der Waals surface area (Å²) < 4.78 is 0. The van der Waals surface area contributed by atoms with Crippen molar-refractivity contribution in [2.45, 2.75) is 32.0 Å². The van der Waals surface area contributed by atoms with E-state index < -0.39 is 0 Å². The number of anilines is 2. The number of para-hydroxylation sites is 1. The molecule has 0 unspecified atom stereocenters. The van der Waals surface area contributed by atoms with Gasteiger partial charge in [-0.15, -0.1) is 0 Å². The number of hydrogen-bond acceptors (Lipinski definition) is 3. The van der Waals surface area contributed by atoms with Gasteiger partial charge < -0.3 is 5.32 Å². The fourth-order valence-electron chi connectivity index (χ4n) is 5.66. The fourth-order valence-corrected chi connectivity index (χ4v) is 6.46. The van der Waals surface area contributed by atoms with E-state index in [0.717, 1.165) is 47.6 Å². The molecule has 3 aromatic rings. The highest BCUT2D eigenvalue weighted by atomic mass is 35.5. The highest BCUT2D eigenvalue weighted by Gasteiger charge is 2.34. The Bertz CT molecular complexity index is 1300. The third kappa shape index (κ3) is 4.37. The zero-order valence-corrected chi connectivity index (χ0v) is 22.1. The topological polar surface area (TPSA) is 38.8 Å². The van der Waals surface area contributed by atoms with Crippen LogP contribution < -0.4 is 10.2 Å². The number of likely N-dealkylation sites (tertiary alicyclic amines) is 2. The lowest BCUT2D eigenvalue weighted by molar-refractivity contribution is 0.0423. The Morgan fingerprint density at radius 3 is 2.28 bits per heavy atom. The summed E-state index contributed by atoms with van der Waals surface area (Å²) in [4.78, 5) is 19.9. The molecule has 0 saturated carbocycles. The van der Waals surface area contributed by atoms with Crippen LogP contribution in [0.4, 0.5) is 16.2 Å². The number of nitrogens with one attached hydrogen (secondary N) is 1. The number of urea groups is 1. The molecule has 2 fully saturated rings. The predicted octanol–water partition coefficient (Wildman–Crippen LogP) is 6.96. The van der Waals surface area contributed by atoms with Crippen LogP contribution in [-0.4, -0.2) is 48.1 Å². The fraction of sp³-hybridized carbons (Fsp3) is 0.321. The van der Waals surface area contributed by atoms with Crippen molar-refractivity contribution >= 4 is 52.2 Å². The number of nitrogens with zero attached hydrogens (tertiary/aromatic N) is 3. The number of fused-ring (bicyclic) bond motifs is 1. The van der Waals surface area contributed by atoms with E-state index in [4.69, 9.17) is 34.8 Å². The molecule has 1 N–H and O–H groups in total. The Morgan fingerprint density at radius 1 is 0.861 bits per heavy atom. The number of benzene rings is 3. The molecule has 2 amide bonds. The van der Waals surface area contributed by atoms with Crippen molar-refractivity contribution in [1.29, 1.82) is 0 Å². The summed E-state index contributed by atoms with van der Waals surface area (Å²) >= 11 is 19.8. The van der Waals surface area contributed by atoms with Crippen LogP contribution in [0, 0.1) is 0 Å². The van der Waals surface area contributed by atoms with Crippen LogP contribution in [0.1, 0.15) is 24.0 Å². The van der Waals surface area contributed by atoms with Crippen LogP contribution in [-0.2, 0) is 13.1 Å². The molecule has 3 aliphatic heterocycles. The van der Waals surface area contributed by atoms with Crippen molar-refractivity contribution in [1.82, 2.24) is 15.1 Å². The van der Waals surface area contributed by atoms with Crippen molar-refractivity contribution in [3.8, 4) is 11.1 Å². The molecule has 0 bridgehead atoms. The van der Waals surface area contributed by atoms with Gasteiger partial charge in [-0.05, 0) is 67.4 Å². The van der Waals surface area contributed by atoms with Gasteiger partial charge in [-0.25, -0.2) is 4.79 Å². The first-order chi connectivity index (χ1) is 17.5. The molecule has 3 aromatic carbocycles. The molecular weight excluding hydrogens is 515 g/mol. The van der Waals surface area contributed by atoms with Gasteiger partial charge in [-0.3, -0.25) is 14.7 Å². The highest BCUT2D eigenvalue weighted by molar-refractivity contribution is 6.40. The third-order valence-electron chi connectivity index (χ3n) is 7.47. The normalized spacial score (nSPS) is 18.8. The zero-order valence-electron chi connectivity index (χ0n) is 19.8. The van der Waals surface area contributed by atoms with Gasteiger partial charge in [0.05, 0.1) is 21.4 Å². The lowest BCUT2D eigenvalue weighted by atomic mass is 9.93. The van der Waals surface area contributed by atoms with E-state index in [1.165, 1.54) is 25.9 Å². The SMILES string of the molecule is O=C1NCc2c(-c3ccccc3Cl)cc(CN3CC(N4CCCC4)C3)cc2N1c1c(Cl)cccc1Cl. The molecule has 36 heavy (non-hydrogen) atoms. The van der Waals surface area contributed by atoms with Crippen molar-refractivity contribution in [2.24, 2.45) is 0 Å². The quantitative estimate of drug-likeness (QED) is 0.380. The highest BCUT2D eigenvalue weighted by Crippen LogP contribution is 2.45. The third-order valence-corrected chi connectivity index (χ3v) is 8.41. The average molecular weight is 542 g/mol. The lowest BCUT2D eigenvalue weighted by Gasteiger charge is -2.44. The van der Waals surface area contributed by atoms with Gasteiger partial charge in [-0.1, -0.05) is 59.1 Å². The minimum atomic E-state index is -0.252. The van der Waals surface area contributed by atoms with Crippen molar-refractivity contribution in [3.05, 3.63) is 80.8 Å². The molecule has 6 rings (SSSR count). The molecule has 0 radical (unpaired) electrons. The number of rotatable bonds is 5. The molecule has 0 aliphatic carbocycles. The van der Waals surface area contributed by atoms with Crippen molar-refractivity contribution < 1.29 is 4.79 Å². The zero-order chi connectivity index (χ0) is 24.8. The minimum Gasteiger partial charge on any atom is -0.333 e. The Balaban J connectivity index is 1.42. The Morgan fingerprint density at radius 2 is 1.56 bits per heavy atom. The van der Waals surface area contributed by atoms with Crippen LogP contribution in [0.15, 0.2) is 54.6 Å². The number of hydrogen-bond donors (Lipinski definition) is 1. The van der Waals surface area contributed by atoms with Gasteiger partial charge in [0.2, 0.25) is 0 Å². The maximum Gasteiger partial charge on any atom is 0.326 e. The number of carbonyl (C=O) groups excluding carboxylic acids is 1. The first-order valence-corrected chi connectivity index (χ1v) is 13.5. The number of halogens is 3. The maximum atomic E-state index is 13.2. The summed E-state index contributed by atoms with van der Waals surface area (Å²) in [5.41, 5.74) is 5.35. The van der Waals surface area contributed by atoms with Crippen molar-refractivity contribution in [2.75, 3.05) is 31.1 Å². The summed E-state index contributed by atoms with van der Waals surface area (Å²) in [5, 5.41) is 4.52. The second-order valence-electron chi connectivity index (χ2n) is 9.78. The van der Waals surface area contributed by atoms with E-state index >= 15 is 0 Å². The first-order valence-electron chi connectivity index (χ1n) is 12.4. The minimum absolute atomic E-state index is 0.252. The van der Waals surface area contributed by atoms with E-state index in [1.807, 2.05) is 24.3 Å². The molecule has 2 saturated heterocycles. The predicted molar refractivity (Wildman–Crippen MR) is 148 cm³/mol. The van der Waals surface area contributed by atoms with E-state index in [0.29, 0.717) is 33.3 Å². The molecule has 0 aromatic heterocycles. The standard InChI is InChI=1S/C28H27Cl3N4O/c29-23-7-2-1-6-20(23)21-12-18(15-33-16-19(17-33)34-10-3-4-11-34)13-26-22(21)14-32-28(36)35(26)27-24(30)8-5-9-25(27)31/h1-2,5-9,12-13,19H,3-4,10-11,14-17H2,(H,32,36). The molecule has 3 aliphatic rings. The Labute approximate surface area is 226 Å². The van der Waals surface area contributed by atoms with Crippen LogP contribution in [0.3, 0.4) is 0 Å². The Hall–Kier alpha value is -2.28. The summed E-state index contributed by atoms with van der Waals surface area (Å²) in [6.07, 6.45) is 2.62. The first kappa shape index (κ1) is 24.1. The van der Waals surface area contributed by atoms with Crippen LogP contribution in [0.5, 0.6) is 0 Å². The van der Waals surface area contributed by atoms with Gasteiger partial charge >= 0.3 is 6.03 Å². The van der Waals surface area contributed by atoms with E-state index in [1.54, 1.807) is 23.1 Å².